The minimum atomic E-state index is -1.04. The number of hydrogen-bond donors (Lipinski definition) is 1. The number of hydrogen-bond acceptors (Lipinski definition) is 6. The van der Waals surface area contributed by atoms with Gasteiger partial charge in [0.25, 0.3) is 5.91 Å². The van der Waals surface area contributed by atoms with Crippen molar-refractivity contribution in [3.05, 3.63) is 72.2 Å². The molecule has 2 aliphatic heterocycles. The van der Waals surface area contributed by atoms with Gasteiger partial charge in [-0.3, -0.25) is 14.8 Å². The normalized spacial score (nSPS) is 17.0. The minimum Gasteiger partial charge on any atom is -0.454 e. The van der Waals surface area contributed by atoms with Gasteiger partial charge in [-0.1, -0.05) is 12.1 Å². The summed E-state index contributed by atoms with van der Waals surface area (Å²) < 4.78 is 11.5. The molecule has 0 atom stereocenters. The monoisotopic (exact) mass is 455 g/mol. The van der Waals surface area contributed by atoms with E-state index in [-0.39, 0.29) is 11.3 Å². The Bertz CT molecular complexity index is 1390. The second-order valence-corrected chi connectivity index (χ2v) is 9.90. The summed E-state index contributed by atoms with van der Waals surface area (Å²) in [5.41, 5.74) is 4.47. The fourth-order valence-corrected chi connectivity index (χ4v) is 4.68. The maximum Gasteiger partial charge on any atom is 0.253 e. The number of carbonyl (C=O) groups excluding carboxylic acids is 1. The van der Waals surface area contributed by atoms with E-state index < -0.39 is 5.60 Å². The van der Waals surface area contributed by atoms with Crippen LogP contribution in [0.4, 0.5) is 0 Å². The Kier molecular flexibility index (Phi) is 4.62. The molecule has 0 unspecified atom stereocenters. The molecule has 172 valence electrons. The van der Waals surface area contributed by atoms with E-state index >= 15 is 0 Å². The summed E-state index contributed by atoms with van der Waals surface area (Å²) in [6.45, 7) is 6.49. The lowest BCUT2D eigenvalue weighted by Crippen LogP contribution is -2.67. The maximum absolute atomic E-state index is 12.8. The van der Waals surface area contributed by atoms with Crippen molar-refractivity contribution in [3.8, 4) is 22.5 Å². The van der Waals surface area contributed by atoms with Crippen LogP contribution < -0.4 is 0 Å². The highest BCUT2D eigenvalue weighted by Gasteiger charge is 2.50. The van der Waals surface area contributed by atoms with E-state index in [0.29, 0.717) is 22.6 Å². The number of aliphatic hydroxyl groups is 1. The van der Waals surface area contributed by atoms with Gasteiger partial charge in [0.1, 0.15) is 16.9 Å². The highest BCUT2D eigenvalue weighted by molar-refractivity contribution is 5.96. The molecule has 3 aromatic heterocycles. The topological polar surface area (TPSA) is 88.7 Å². The smallest absolute Gasteiger partial charge is 0.253 e. The Morgan fingerprint density at radius 3 is 2.41 bits per heavy atom. The Morgan fingerprint density at radius 1 is 1.00 bits per heavy atom. The zero-order valence-electron chi connectivity index (χ0n) is 19.1. The van der Waals surface area contributed by atoms with Crippen molar-refractivity contribution >= 4 is 17.0 Å². The summed E-state index contributed by atoms with van der Waals surface area (Å²) in [5, 5.41) is 10.4. The Balaban J connectivity index is 1.28. The van der Waals surface area contributed by atoms with Crippen molar-refractivity contribution in [2.45, 2.75) is 19.4 Å². The first-order valence-corrected chi connectivity index (χ1v) is 11.4. The number of furan rings is 1. The first-order valence-electron chi connectivity index (χ1n) is 11.4. The quantitative estimate of drug-likeness (QED) is 0.495. The fraction of sp³-hybridized carbons (Fsp3) is 0.296. The lowest BCUT2D eigenvalue weighted by Gasteiger charge is -2.54. The molecule has 2 fully saturated rings. The highest BCUT2D eigenvalue weighted by Crippen LogP contribution is 2.38. The molecule has 0 aliphatic carbocycles. The molecule has 1 N–H and O–H groups in total. The first kappa shape index (κ1) is 21.0. The molecule has 1 spiro atoms. The molecule has 1 aromatic carbocycles. The van der Waals surface area contributed by atoms with Gasteiger partial charge in [0.05, 0.1) is 24.3 Å². The van der Waals surface area contributed by atoms with E-state index in [9.17, 15) is 9.90 Å². The van der Waals surface area contributed by atoms with Crippen LogP contribution in [0, 0.1) is 5.41 Å². The number of benzene rings is 1. The Morgan fingerprint density at radius 2 is 1.74 bits per heavy atom. The van der Waals surface area contributed by atoms with Crippen LogP contribution >= 0.6 is 0 Å². The first-order chi connectivity index (χ1) is 16.3. The van der Waals surface area contributed by atoms with Gasteiger partial charge in [-0.2, -0.15) is 0 Å². The Hall–Kier alpha value is -3.55. The summed E-state index contributed by atoms with van der Waals surface area (Å²) in [4.78, 5) is 23.4. The predicted molar refractivity (Wildman–Crippen MR) is 127 cm³/mol. The lowest BCUT2D eigenvalue weighted by atomic mass is 9.78. The molecule has 7 heteroatoms. The third-order valence-electron chi connectivity index (χ3n) is 6.68. The second-order valence-electron chi connectivity index (χ2n) is 9.90. The summed E-state index contributed by atoms with van der Waals surface area (Å²) in [7, 11) is 0. The molecule has 0 radical (unpaired) electrons. The fourth-order valence-electron chi connectivity index (χ4n) is 4.68. The molecule has 2 saturated heterocycles. The number of fused-ring (bicyclic) bond motifs is 1. The van der Waals surface area contributed by atoms with Crippen LogP contribution in [-0.2, 0) is 10.3 Å². The minimum absolute atomic E-state index is 0.0536. The van der Waals surface area contributed by atoms with Gasteiger partial charge in [-0.25, -0.2) is 0 Å². The summed E-state index contributed by atoms with van der Waals surface area (Å²) >= 11 is 0. The van der Waals surface area contributed by atoms with Crippen LogP contribution in [0.5, 0.6) is 0 Å². The number of pyridine rings is 2. The van der Waals surface area contributed by atoms with Gasteiger partial charge in [-0.15, -0.1) is 0 Å². The Labute approximate surface area is 197 Å². The lowest BCUT2D eigenvalue weighted by molar-refractivity contribution is -0.176. The molecule has 6 rings (SSSR count). The predicted octanol–water partition coefficient (Wildman–Crippen LogP) is 4.26. The van der Waals surface area contributed by atoms with Crippen LogP contribution in [-0.4, -0.2) is 52.2 Å². The van der Waals surface area contributed by atoms with E-state index in [2.05, 4.69) is 9.97 Å². The summed E-state index contributed by atoms with van der Waals surface area (Å²) in [6, 6.07) is 15.1. The third kappa shape index (κ3) is 3.48. The van der Waals surface area contributed by atoms with Crippen LogP contribution in [0.2, 0.25) is 0 Å². The molecular formula is C27H25N3O4. The number of likely N-dealkylation sites (tertiary alicyclic amines) is 1. The molecule has 4 aromatic rings. The van der Waals surface area contributed by atoms with E-state index in [1.54, 1.807) is 26.2 Å². The van der Waals surface area contributed by atoms with Gasteiger partial charge >= 0.3 is 0 Å². The number of rotatable bonds is 4. The van der Waals surface area contributed by atoms with Gasteiger partial charge in [0.2, 0.25) is 0 Å². The molecule has 1 amide bonds. The van der Waals surface area contributed by atoms with Crippen molar-refractivity contribution in [1.29, 1.82) is 0 Å². The SMILES string of the molecule is CC(C)(O)c1cc(-c2ccnc3cc(-c4ccc(C(=O)N5CC6(COC6)C5)cc4)oc23)ccn1. The molecule has 5 heterocycles. The van der Waals surface area contributed by atoms with E-state index in [1.807, 2.05) is 53.4 Å². The van der Waals surface area contributed by atoms with Crippen molar-refractivity contribution < 1.29 is 19.1 Å². The second kappa shape index (κ2) is 7.48. The van der Waals surface area contributed by atoms with E-state index in [1.165, 1.54) is 0 Å². The van der Waals surface area contributed by atoms with Crippen LogP contribution in [0.25, 0.3) is 33.6 Å². The molecule has 0 saturated carbocycles. The van der Waals surface area contributed by atoms with Gasteiger partial charge in [0, 0.05) is 48.2 Å². The molecule has 0 bridgehead atoms. The zero-order chi connectivity index (χ0) is 23.5. The molecule has 34 heavy (non-hydrogen) atoms. The number of nitrogens with zero attached hydrogens (tertiary/aromatic N) is 3. The van der Waals surface area contributed by atoms with Gasteiger partial charge in [-0.05, 0) is 49.7 Å². The van der Waals surface area contributed by atoms with Crippen LogP contribution in [0.15, 0.2) is 65.3 Å². The average Bonchev–Trinajstić information content (AvgIpc) is 3.21. The third-order valence-corrected chi connectivity index (χ3v) is 6.68. The molecular weight excluding hydrogens is 430 g/mol. The van der Waals surface area contributed by atoms with Crippen molar-refractivity contribution in [2.24, 2.45) is 5.41 Å². The molecule has 7 nitrogen and oxygen atoms in total. The maximum atomic E-state index is 12.8. The number of ether oxygens (including phenoxy) is 1. The van der Waals surface area contributed by atoms with Gasteiger partial charge < -0.3 is 19.2 Å². The average molecular weight is 456 g/mol. The van der Waals surface area contributed by atoms with Crippen LogP contribution in [0.1, 0.15) is 29.9 Å². The largest absolute Gasteiger partial charge is 0.454 e. The van der Waals surface area contributed by atoms with Crippen molar-refractivity contribution in [1.82, 2.24) is 14.9 Å². The number of amides is 1. The number of aromatic nitrogens is 2. The summed E-state index contributed by atoms with van der Waals surface area (Å²) in [5.74, 6) is 0.734. The summed E-state index contributed by atoms with van der Waals surface area (Å²) in [6.07, 6.45) is 3.43. The highest BCUT2D eigenvalue weighted by atomic mass is 16.5. The van der Waals surface area contributed by atoms with E-state index in [0.717, 1.165) is 48.5 Å². The van der Waals surface area contributed by atoms with Crippen molar-refractivity contribution in [2.75, 3.05) is 26.3 Å². The van der Waals surface area contributed by atoms with E-state index in [4.69, 9.17) is 9.15 Å². The zero-order valence-corrected chi connectivity index (χ0v) is 19.1. The molecule has 2 aliphatic rings. The standard InChI is InChI=1S/C27H25N3O4/c1-26(2,32)23-11-19(7-9-29-23)20-8-10-28-21-12-22(34-24(20)21)17-3-5-18(6-4-17)25(31)30-13-27(14-30)15-33-16-27/h3-12,32H,13-16H2,1-2H3. The van der Waals surface area contributed by atoms with Gasteiger partial charge in [0.15, 0.2) is 5.58 Å². The number of carbonyl (C=O) groups is 1. The van der Waals surface area contributed by atoms with Crippen LogP contribution in [0.3, 0.4) is 0 Å². The van der Waals surface area contributed by atoms with Crippen molar-refractivity contribution in [3.63, 3.8) is 0 Å².